The van der Waals surface area contributed by atoms with E-state index in [4.69, 9.17) is 18.9 Å². The Balaban J connectivity index is 1.28. The number of carboxylic acids is 1. The fraction of sp³-hybridized carbons (Fsp3) is 0.394. The number of aliphatic carboxylic acids is 1. The summed E-state index contributed by atoms with van der Waals surface area (Å²) >= 11 is 0. The number of carbonyl (C=O) groups is 1. The number of ether oxygens (including phenoxy) is 4. The van der Waals surface area contributed by atoms with Gasteiger partial charge in [-0.05, 0) is 78.8 Å². The number of carboxylic acid groups (broad SMARTS) is 1. The van der Waals surface area contributed by atoms with Crippen LogP contribution < -0.4 is 14.2 Å². The summed E-state index contributed by atoms with van der Waals surface area (Å²) in [6.45, 7) is 6.01. The molecule has 2 aliphatic heterocycles. The summed E-state index contributed by atoms with van der Waals surface area (Å²) in [6, 6.07) is 16.2. The van der Waals surface area contributed by atoms with Gasteiger partial charge in [-0.1, -0.05) is 12.1 Å². The first-order valence-corrected chi connectivity index (χ1v) is 14.0. The number of hydrogen-bond donors (Lipinski definition) is 1. The molecule has 0 unspecified atom stereocenters. The lowest BCUT2D eigenvalue weighted by Gasteiger charge is -2.24. The van der Waals surface area contributed by atoms with Gasteiger partial charge in [0.2, 0.25) is 0 Å². The molecule has 1 N–H and O–H groups in total. The zero-order chi connectivity index (χ0) is 27.8. The molecule has 0 spiro atoms. The van der Waals surface area contributed by atoms with Gasteiger partial charge in [0.25, 0.3) is 0 Å². The van der Waals surface area contributed by atoms with Crippen LogP contribution in [0.25, 0.3) is 11.1 Å². The Morgan fingerprint density at radius 2 is 1.73 bits per heavy atom. The van der Waals surface area contributed by atoms with Crippen LogP contribution in [0.1, 0.15) is 71.1 Å². The quantitative estimate of drug-likeness (QED) is 0.370. The summed E-state index contributed by atoms with van der Waals surface area (Å²) in [5, 5.41) is 19.2. The lowest BCUT2D eigenvalue weighted by Crippen LogP contribution is -2.25. The predicted octanol–water partition coefficient (Wildman–Crippen LogP) is 6.42. The highest BCUT2D eigenvalue weighted by molar-refractivity contribution is 5.81. The van der Waals surface area contributed by atoms with E-state index in [2.05, 4.69) is 32.0 Å². The summed E-state index contributed by atoms with van der Waals surface area (Å²) in [4.78, 5) is 11.2. The van der Waals surface area contributed by atoms with Crippen LogP contribution >= 0.6 is 0 Å². The normalized spacial score (nSPS) is 19.8. The van der Waals surface area contributed by atoms with E-state index in [0.717, 1.165) is 83.6 Å². The van der Waals surface area contributed by atoms with Crippen LogP contribution in [0.2, 0.25) is 0 Å². The molecule has 7 nitrogen and oxygen atoms in total. The number of fused-ring (bicyclic) bond motifs is 2. The summed E-state index contributed by atoms with van der Waals surface area (Å²) in [7, 11) is 0. The number of nitrogens with zero attached hydrogens (tertiary/aromatic N) is 1. The number of nitriles is 1. The zero-order valence-corrected chi connectivity index (χ0v) is 22.9. The van der Waals surface area contributed by atoms with Gasteiger partial charge in [-0.2, -0.15) is 5.26 Å². The SMILES string of the molecule is Cc1cc(OC2CCOCC2)cc(C)c1-c1c(C#N)ccc2c1CC[C@H]2Oc1ccc2c(c1)OC[C@H]2CC(=O)O. The molecule has 0 aromatic heterocycles. The van der Waals surface area contributed by atoms with Crippen molar-refractivity contribution in [3.05, 3.63) is 75.8 Å². The minimum atomic E-state index is -0.830. The lowest BCUT2D eigenvalue weighted by atomic mass is 9.87. The first-order valence-electron chi connectivity index (χ1n) is 14.0. The molecule has 0 amide bonds. The van der Waals surface area contributed by atoms with Gasteiger partial charge in [0.15, 0.2) is 0 Å². The van der Waals surface area contributed by atoms with Crippen molar-refractivity contribution < 1.29 is 28.8 Å². The summed E-state index contributed by atoms with van der Waals surface area (Å²) in [6.07, 6.45) is 3.48. The van der Waals surface area contributed by atoms with Gasteiger partial charge >= 0.3 is 5.97 Å². The predicted molar refractivity (Wildman–Crippen MR) is 149 cm³/mol. The maximum absolute atomic E-state index is 11.2. The maximum atomic E-state index is 11.2. The lowest BCUT2D eigenvalue weighted by molar-refractivity contribution is -0.137. The van der Waals surface area contributed by atoms with Crippen LogP contribution in [-0.2, 0) is 16.0 Å². The van der Waals surface area contributed by atoms with Crippen LogP contribution in [0.15, 0.2) is 42.5 Å². The van der Waals surface area contributed by atoms with Gasteiger partial charge in [-0.25, -0.2) is 0 Å². The molecule has 3 aromatic rings. The first-order chi connectivity index (χ1) is 19.4. The smallest absolute Gasteiger partial charge is 0.304 e. The Hall–Kier alpha value is -4.02. The second-order valence-electron chi connectivity index (χ2n) is 11.0. The monoisotopic (exact) mass is 539 g/mol. The second-order valence-corrected chi connectivity index (χ2v) is 11.0. The molecule has 1 saturated heterocycles. The number of rotatable bonds is 7. The summed E-state index contributed by atoms with van der Waals surface area (Å²) < 4.78 is 24.0. The topological polar surface area (TPSA) is 98.0 Å². The third kappa shape index (κ3) is 5.00. The molecule has 1 fully saturated rings. The third-order valence-corrected chi connectivity index (χ3v) is 8.26. The zero-order valence-electron chi connectivity index (χ0n) is 22.9. The highest BCUT2D eigenvalue weighted by Crippen LogP contribution is 2.45. The fourth-order valence-corrected chi connectivity index (χ4v) is 6.41. The van der Waals surface area contributed by atoms with Gasteiger partial charge in [0.1, 0.15) is 29.5 Å². The average Bonchev–Trinajstić information content (AvgIpc) is 3.52. The van der Waals surface area contributed by atoms with Gasteiger partial charge < -0.3 is 24.1 Å². The van der Waals surface area contributed by atoms with Crippen molar-refractivity contribution in [1.82, 2.24) is 0 Å². The molecular weight excluding hydrogens is 506 g/mol. The molecule has 0 bridgehead atoms. The Morgan fingerprint density at radius 3 is 2.45 bits per heavy atom. The molecule has 40 heavy (non-hydrogen) atoms. The molecular formula is C33H33NO6. The van der Waals surface area contributed by atoms with E-state index in [9.17, 15) is 15.2 Å². The first kappa shape index (κ1) is 26.2. The number of hydrogen-bond acceptors (Lipinski definition) is 6. The largest absolute Gasteiger partial charge is 0.492 e. The molecule has 0 radical (unpaired) electrons. The number of benzene rings is 3. The van der Waals surface area contributed by atoms with Gasteiger partial charge in [0, 0.05) is 36.0 Å². The van der Waals surface area contributed by atoms with Crippen molar-refractivity contribution in [2.45, 2.75) is 64.1 Å². The van der Waals surface area contributed by atoms with E-state index in [-0.39, 0.29) is 24.5 Å². The molecule has 7 heteroatoms. The molecule has 6 rings (SSSR count). The fourth-order valence-electron chi connectivity index (χ4n) is 6.41. The van der Waals surface area contributed by atoms with Crippen molar-refractivity contribution in [3.8, 4) is 34.4 Å². The van der Waals surface area contributed by atoms with Crippen molar-refractivity contribution >= 4 is 5.97 Å². The summed E-state index contributed by atoms with van der Waals surface area (Å²) in [5.74, 6) is 1.28. The number of aryl methyl sites for hydroxylation is 2. The second kappa shape index (κ2) is 10.9. The van der Waals surface area contributed by atoms with Crippen molar-refractivity contribution in [2.75, 3.05) is 19.8 Å². The van der Waals surface area contributed by atoms with Crippen molar-refractivity contribution in [1.29, 1.82) is 5.26 Å². The Kier molecular flexibility index (Phi) is 7.12. The Labute approximate surface area is 234 Å². The molecule has 1 aliphatic carbocycles. The molecule has 2 atom stereocenters. The van der Waals surface area contributed by atoms with Gasteiger partial charge in [-0.15, -0.1) is 0 Å². The van der Waals surface area contributed by atoms with E-state index in [0.29, 0.717) is 23.7 Å². The van der Waals surface area contributed by atoms with E-state index in [1.54, 1.807) is 0 Å². The third-order valence-electron chi connectivity index (χ3n) is 8.26. The van der Waals surface area contributed by atoms with Crippen LogP contribution in [0.3, 0.4) is 0 Å². The van der Waals surface area contributed by atoms with Crippen LogP contribution in [0.4, 0.5) is 0 Å². The Morgan fingerprint density at radius 1 is 0.975 bits per heavy atom. The van der Waals surface area contributed by atoms with Crippen molar-refractivity contribution in [2.24, 2.45) is 0 Å². The standard InChI is InChI=1S/C33H33NO6/c1-19-13-25(39-23-9-11-37-12-10-23)14-20(2)32(19)33-21(17-34)3-5-27-28(33)7-8-29(27)40-24-4-6-26-22(15-31(35)36)18-38-30(26)16-24/h3-6,13-14,16,22-23,29H,7-12,15,18H2,1-2H3,(H,35,36)/t22-,29-/m1/s1. The maximum Gasteiger partial charge on any atom is 0.304 e. The highest BCUT2D eigenvalue weighted by atomic mass is 16.5. The van der Waals surface area contributed by atoms with Gasteiger partial charge in [0.05, 0.1) is 37.9 Å². The minimum Gasteiger partial charge on any atom is -0.492 e. The Bertz CT molecular complexity index is 1480. The van der Waals surface area contributed by atoms with Crippen LogP contribution in [-0.4, -0.2) is 37.0 Å². The molecule has 0 saturated carbocycles. The molecule has 3 aliphatic rings. The van der Waals surface area contributed by atoms with E-state index >= 15 is 0 Å². The van der Waals surface area contributed by atoms with E-state index < -0.39 is 5.97 Å². The highest BCUT2D eigenvalue weighted by Gasteiger charge is 2.31. The van der Waals surface area contributed by atoms with Crippen molar-refractivity contribution in [3.63, 3.8) is 0 Å². The average molecular weight is 540 g/mol. The van der Waals surface area contributed by atoms with E-state index in [1.165, 1.54) is 0 Å². The van der Waals surface area contributed by atoms with Crippen LogP contribution in [0.5, 0.6) is 17.2 Å². The van der Waals surface area contributed by atoms with Gasteiger partial charge in [-0.3, -0.25) is 4.79 Å². The molecule has 3 aromatic carbocycles. The van der Waals surface area contributed by atoms with E-state index in [1.807, 2.05) is 30.3 Å². The van der Waals surface area contributed by atoms with Crippen LogP contribution in [0, 0.1) is 25.2 Å². The molecule has 2 heterocycles. The summed E-state index contributed by atoms with van der Waals surface area (Å²) in [5.41, 5.74) is 8.09. The molecule has 206 valence electrons. The minimum absolute atomic E-state index is 0.0503.